The molecule has 1 aliphatic carbocycles. The highest BCUT2D eigenvalue weighted by molar-refractivity contribution is 6.02. The van der Waals surface area contributed by atoms with Gasteiger partial charge < -0.3 is 20.6 Å². The monoisotopic (exact) mass is 390 g/mol. The van der Waals surface area contributed by atoms with Crippen LogP contribution in [-0.4, -0.2) is 47.7 Å². The lowest BCUT2D eigenvalue weighted by atomic mass is 9.87. The van der Waals surface area contributed by atoms with Gasteiger partial charge in [0, 0.05) is 32.2 Å². The largest absolute Gasteiger partial charge is 0.388 e. The number of β-amino-alcohol motifs (C(OH)–C–C–N with tert-alkyl or cyclic N) is 1. The van der Waals surface area contributed by atoms with Gasteiger partial charge in [0.2, 0.25) is 0 Å². The van der Waals surface area contributed by atoms with Gasteiger partial charge in [-0.3, -0.25) is 14.9 Å². The van der Waals surface area contributed by atoms with Crippen molar-refractivity contribution in [1.82, 2.24) is 5.32 Å². The van der Waals surface area contributed by atoms with E-state index in [0.29, 0.717) is 42.4 Å². The van der Waals surface area contributed by atoms with Crippen LogP contribution in [0.3, 0.4) is 0 Å². The number of rotatable bonds is 5. The Labute approximate surface area is 165 Å². The van der Waals surface area contributed by atoms with Gasteiger partial charge in [0.05, 0.1) is 21.8 Å². The molecule has 0 spiro atoms. The van der Waals surface area contributed by atoms with E-state index in [4.69, 9.17) is 0 Å². The van der Waals surface area contributed by atoms with Gasteiger partial charge in [0.25, 0.3) is 11.6 Å². The van der Waals surface area contributed by atoms with Crippen molar-refractivity contribution in [2.45, 2.75) is 57.6 Å². The number of nitrogens with zero attached hydrogens (tertiary/aromatic N) is 2. The van der Waals surface area contributed by atoms with Gasteiger partial charge >= 0.3 is 0 Å². The smallest absolute Gasteiger partial charge is 0.293 e. The van der Waals surface area contributed by atoms with Crippen LogP contribution in [0.4, 0.5) is 17.1 Å². The SMILES string of the molecule is CNc1cc(N2CCC(C)(O)C2)c(C(=O)N[C@H]2CC[C@H](C)CC2)cc1[N+](=O)[O-]. The maximum Gasteiger partial charge on any atom is 0.293 e. The molecule has 1 saturated heterocycles. The number of nitro groups is 1. The van der Waals surface area contributed by atoms with Crippen LogP contribution in [0.1, 0.15) is 56.3 Å². The van der Waals surface area contributed by atoms with Gasteiger partial charge in [0.15, 0.2) is 0 Å². The first kappa shape index (κ1) is 20.4. The second-order valence-electron chi connectivity index (χ2n) is 8.49. The number of hydrogen-bond acceptors (Lipinski definition) is 6. The number of benzene rings is 1. The Morgan fingerprint density at radius 2 is 2.00 bits per heavy atom. The van der Waals surface area contributed by atoms with Crippen molar-refractivity contribution in [3.05, 3.63) is 27.8 Å². The van der Waals surface area contributed by atoms with Crippen LogP contribution in [0.2, 0.25) is 0 Å². The average Bonchev–Trinajstić information content (AvgIpc) is 3.02. The van der Waals surface area contributed by atoms with Crippen molar-refractivity contribution in [3.63, 3.8) is 0 Å². The molecule has 1 unspecified atom stereocenters. The Morgan fingerprint density at radius 1 is 1.32 bits per heavy atom. The van der Waals surface area contributed by atoms with Gasteiger partial charge in [-0.1, -0.05) is 6.92 Å². The molecule has 1 heterocycles. The van der Waals surface area contributed by atoms with Crippen molar-refractivity contribution < 1.29 is 14.8 Å². The molecule has 1 atom stereocenters. The van der Waals surface area contributed by atoms with Gasteiger partial charge in [-0.2, -0.15) is 0 Å². The van der Waals surface area contributed by atoms with Gasteiger partial charge in [0.1, 0.15) is 5.69 Å². The Hall–Kier alpha value is -2.35. The zero-order valence-electron chi connectivity index (χ0n) is 16.8. The van der Waals surface area contributed by atoms with Crippen LogP contribution in [0.15, 0.2) is 12.1 Å². The molecule has 0 radical (unpaired) electrons. The summed E-state index contributed by atoms with van der Waals surface area (Å²) < 4.78 is 0. The summed E-state index contributed by atoms with van der Waals surface area (Å²) in [6, 6.07) is 3.10. The summed E-state index contributed by atoms with van der Waals surface area (Å²) in [5, 5.41) is 27.8. The average molecular weight is 390 g/mol. The maximum absolute atomic E-state index is 13.1. The number of carbonyl (C=O) groups excluding carboxylic acids is 1. The number of anilines is 2. The zero-order valence-corrected chi connectivity index (χ0v) is 16.8. The third kappa shape index (κ3) is 4.38. The molecule has 3 N–H and O–H groups in total. The minimum absolute atomic E-state index is 0.0984. The van der Waals surface area contributed by atoms with E-state index in [-0.39, 0.29) is 17.6 Å². The lowest BCUT2D eigenvalue weighted by Gasteiger charge is -2.28. The first-order valence-electron chi connectivity index (χ1n) is 9.98. The fourth-order valence-electron chi connectivity index (χ4n) is 4.19. The Bertz CT molecular complexity index is 757. The highest BCUT2D eigenvalue weighted by Gasteiger charge is 2.35. The Kier molecular flexibility index (Phi) is 5.79. The van der Waals surface area contributed by atoms with E-state index in [1.165, 1.54) is 6.07 Å². The molecule has 0 aromatic heterocycles. The molecule has 1 aromatic carbocycles. The molecular weight excluding hydrogens is 360 g/mol. The molecule has 1 aliphatic heterocycles. The van der Waals surface area contributed by atoms with Crippen molar-refractivity contribution in [1.29, 1.82) is 0 Å². The van der Waals surface area contributed by atoms with Crippen molar-refractivity contribution in [2.24, 2.45) is 5.92 Å². The second kappa shape index (κ2) is 7.95. The quantitative estimate of drug-likeness (QED) is 0.527. The van der Waals surface area contributed by atoms with Gasteiger partial charge in [-0.15, -0.1) is 0 Å². The highest BCUT2D eigenvalue weighted by atomic mass is 16.6. The predicted molar refractivity (Wildman–Crippen MR) is 109 cm³/mol. The fraction of sp³-hybridized carbons (Fsp3) is 0.650. The van der Waals surface area contributed by atoms with Crippen molar-refractivity contribution in [3.8, 4) is 0 Å². The van der Waals surface area contributed by atoms with E-state index in [2.05, 4.69) is 17.6 Å². The third-order valence-electron chi connectivity index (χ3n) is 5.97. The number of nitrogens with one attached hydrogen (secondary N) is 2. The summed E-state index contributed by atoms with van der Waals surface area (Å²) in [7, 11) is 1.62. The molecule has 1 aromatic rings. The summed E-state index contributed by atoms with van der Waals surface area (Å²) in [6.45, 7) is 4.96. The number of hydrogen-bond donors (Lipinski definition) is 3. The fourth-order valence-corrected chi connectivity index (χ4v) is 4.19. The first-order chi connectivity index (χ1) is 13.2. The zero-order chi connectivity index (χ0) is 20.5. The summed E-state index contributed by atoms with van der Waals surface area (Å²) in [4.78, 5) is 26.0. The normalized spacial score (nSPS) is 27.5. The molecular formula is C20H30N4O4. The summed E-state index contributed by atoms with van der Waals surface area (Å²) in [5.74, 6) is 0.387. The van der Waals surface area contributed by atoms with Crippen LogP contribution in [0, 0.1) is 16.0 Å². The minimum atomic E-state index is -0.838. The second-order valence-corrected chi connectivity index (χ2v) is 8.49. The predicted octanol–water partition coefficient (Wildman–Crippen LogP) is 2.91. The molecule has 8 heteroatoms. The molecule has 0 bridgehead atoms. The number of nitro benzene ring substituents is 1. The maximum atomic E-state index is 13.1. The van der Waals surface area contributed by atoms with Crippen LogP contribution in [0.25, 0.3) is 0 Å². The lowest BCUT2D eigenvalue weighted by molar-refractivity contribution is -0.383. The third-order valence-corrected chi connectivity index (χ3v) is 5.97. The first-order valence-corrected chi connectivity index (χ1v) is 9.98. The summed E-state index contributed by atoms with van der Waals surface area (Å²) >= 11 is 0. The molecule has 154 valence electrons. The van der Waals surface area contributed by atoms with Crippen LogP contribution in [-0.2, 0) is 0 Å². The van der Waals surface area contributed by atoms with Crippen molar-refractivity contribution >= 4 is 23.0 Å². The standard InChI is InChI=1S/C20H30N4O4/c1-13-4-6-14(7-5-13)22-19(25)15-10-18(24(27)28)16(21-3)11-17(15)23-9-8-20(2,26)12-23/h10-11,13-14,21,26H,4-9,12H2,1-3H3,(H,22,25)/t13-,14-,20?. The molecule has 28 heavy (non-hydrogen) atoms. The molecule has 3 rings (SSSR count). The number of carbonyl (C=O) groups is 1. The number of amides is 1. The molecule has 2 fully saturated rings. The molecule has 8 nitrogen and oxygen atoms in total. The lowest BCUT2D eigenvalue weighted by Crippen LogP contribution is -2.38. The minimum Gasteiger partial charge on any atom is -0.388 e. The highest BCUT2D eigenvalue weighted by Crippen LogP contribution is 2.36. The summed E-state index contributed by atoms with van der Waals surface area (Å²) in [5.41, 5.74) is 0.306. The molecule has 1 saturated carbocycles. The number of aliphatic hydroxyl groups is 1. The van der Waals surface area contributed by atoms with Crippen LogP contribution in [0.5, 0.6) is 0 Å². The Balaban J connectivity index is 1.93. The van der Waals surface area contributed by atoms with Gasteiger partial charge in [-0.05, 0) is 51.0 Å². The van der Waals surface area contributed by atoms with E-state index >= 15 is 0 Å². The summed E-state index contributed by atoms with van der Waals surface area (Å²) in [6.07, 6.45) is 4.59. The van der Waals surface area contributed by atoms with Crippen molar-refractivity contribution in [2.75, 3.05) is 30.4 Å². The Morgan fingerprint density at radius 3 is 2.54 bits per heavy atom. The van der Waals surface area contributed by atoms with Crippen LogP contribution < -0.4 is 15.5 Å². The molecule has 1 amide bonds. The van der Waals surface area contributed by atoms with E-state index in [9.17, 15) is 20.0 Å². The van der Waals surface area contributed by atoms with E-state index in [1.807, 2.05) is 4.90 Å². The van der Waals surface area contributed by atoms with Crippen LogP contribution >= 0.6 is 0 Å². The van der Waals surface area contributed by atoms with E-state index in [0.717, 1.165) is 25.7 Å². The van der Waals surface area contributed by atoms with E-state index < -0.39 is 10.5 Å². The van der Waals surface area contributed by atoms with Gasteiger partial charge in [-0.25, -0.2) is 0 Å². The topological polar surface area (TPSA) is 108 Å². The molecule has 2 aliphatic rings. The van der Waals surface area contributed by atoms with E-state index in [1.54, 1.807) is 20.0 Å².